The molecule has 1 aliphatic heterocycles. The predicted molar refractivity (Wildman–Crippen MR) is 86.6 cm³/mol. The molecule has 1 unspecified atom stereocenters. The molecule has 0 amide bonds. The predicted octanol–water partition coefficient (Wildman–Crippen LogP) is 3.62. The summed E-state index contributed by atoms with van der Waals surface area (Å²) in [4.78, 5) is 20.5. The standard InChI is InChI=1S/C16H16N2O4S/c1-4-11-9-6-5-7-10(14(9)15(19)23-11)22-16-17-12(20-2)8-13(18-16)21-3/h5-8,11H,4H2,1-3H3. The minimum Gasteiger partial charge on any atom is -0.481 e. The SMILES string of the molecule is CCC1SC(=O)c2c(Oc3nc(OC)cc(OC)n3)cccc21. The van der Waals surface area contributed by atoms with E-state index >= 15 is 0 Å². The van der Waals surface area contributed by atoms with E-state index in [4.69, 9.17) is 14.2 Å². The summed E-state index contributed by atoms with van der Waals surface area (Å²) in [6.45, 7) is 2.06. The van der Waals surface area contributed by atoms with E-state index in [0.717, 1.165) is 12.0 Å². The molecule has 0 aliphatic carbocycles. The summed E-state index contributed by atoms with van der Waals surface area (Å²) < 4.78 is 16.0. The van der Waals surface area contributed by atoms with Crippen molar-refractivity contribution in [2.45, 2.75) is 18.6 Å². The molecule has 3 rings (SSSR count). The van der Waals surface area contributed by atoms with Crippen molar-refractivity contribution in [3.63, 3.8) is 0 Å². The summed E-state index contributed by atoms with van der Waals surface area (Å²) in [6.07, 6.45) is 0.885. The van der Waals surface area contributed by atoms with Crippen LogP contribution < -0.4 is 14.2 Å². The quantitative estimate of drug-likeness (QED) is 0.828. The Bertz CT molecular complexity index is 729. The third kappa shape index (κ3) is 2.96. The first-order valence-corrected chi connectivity index (χ1v) is 8.03. The minimum absolute atomic E-state index is 0.0114. The lowest BCUT2D eigenvalue weighted by atomic mass is 10.0. The van der Waals surface area contributed by atoms with Crippen LogP contribution in [0.15, 0.2) is 24.3 Å². The number of hydrogen-bond acceptors (Lipinski definition) is 7. The van der Waals surface area contributed by atoms with Gasteiger partial charge in [-0.25, -0.2) is 0 Å². The van der Waals surface area contributed by atoms with Crippen molar-refractivity contribution in [3.05, 3.63) is 35.4 Å². The molecule has 0 saturated heterocycles. The second kappa shape index (κ2) is 6.45. The number of fused-ring (bicyclic) bond motifs is 1. The van der Waals surface area contributed by atoms with Crippen LogP contribution in [-0.2, 0) is 0 Å². The molecule has 7 heteroatoms. The molecule has 0 fully saturated rings. The zero-order chi connectivity index (χ0) is 16.4. The van der Waals surface area contributed by atoms with Gasteiger partial charge in [0.15, 0.2) is 0 Å². The van der Waals surface area contributed by atoms with E-state index in [-0.39, 0.29) is 16.4 Å². The van der Waals surface area contributed by atoms with Crippen molar-refractivity contribution in [1.82, 2.24) is 9.97 Å². The fourth-order valence-electron chi connectivity index (χ4n) is 2.41. The second-order valence-electron chi connectivity index (χ2n) is 4.86. The molecule has 0 spiro atoms. The maximum absolute atomic E-state index is 12.3. The molecule has 0 bridgehead atoms. The van der Waals surface area contributed by atoms with Crippen molar-refractivity contribution >= 4 is 16.9 Å². The van der Waals surface area contributed by atoms with E-state index in [1.54, 1.807) is 12.1 Å². The number of carbonyl (C=O) groups is 1. The summed E-state index contributed by atoms with van der Waals surface area (Å²) in [5, 5.41) is 0.180. The number of nitrogens with zero attached hydrogens (tertiary/aromatic N) is 2. The Balaban J connectivity index is 1.99. The molecule has 0 radical (unpaired) electrons. The molecule has 23 heavy (non-hydrogen) atoms. The Morgan fingerprint density at radius 2 is 1.87 bits per heavy atom. The second-order valence-corrected chi connectivity index (χ2v) is 6.04. The van der Waals surface area contributed by atoms with Gasteiger partial charge in [-0.05, 0) is 18.1 Å². The van der Waals surface area contributed by atoms with E-state index < -0.39 is 0 Å². The van der Waals surface area contributed by atoms with Crippen molar-refractivity contribution in [2.24, 2.45) is 0 Å². The van der Waals surface area contributed by atoms with Crippen molar-refractivity contribution in [2.75, 3.05) is 14.2 Å². The van der Waals surface area contributed by atoms with Gasteiger partial charge in [0.1, 0.15) is 5.75 Å². The van der Waals surface area contributed by atoms with Gasteiger partial charge in [-0.2, -0.15) is 9.97 Å². The van der Waals surface area contributed by atoms with Gasteiger partial charge in [-0.1, -0.05) is 30.8 Å². The average Bonchev–Trinajstić information content (AvgIpc) is 2.91. The van der Waals surface area contributed by atoms with Crippen LogP contribution >= 0.6 is 11.8 Å². The first-order valence-electron chi connectivity index (χ1n) is 7.15. The number of methoxy groups -OCH3 is 2. The molecule has 2 aromatic rings. The maximum Gasteiger partial charge on any atom is 0.328 e. The molecule has 0 N–H and O–H groups in total. The van der Waals surface area contributed by atoms with Gasteiger partial charge in [0.2, 0.25) is 16.9 Å². The van der Waals surface area contributed by atoms with Crippen LogP contribution in [0.25, 0.3) is 0 Å². The largest absolute Gasteiger partial charge is 0.481 e. The molecule has 0 saturated carbocycles. The van der Waals surface area contributed by atoms with Crippen LogP contribution in [0.3, 0.4) is 0 Å². The van der Waals surface area contributed by atoms with E-state index in [1.165, 1.54) is 26.0 Å². The Kier molecular flexibility index (Phi) is 4.38. The monoisotopic (exact) mass is 332 g/mol. The Morgan fingerprint density at radius 3 is 2.48 bits per heavy atom. The topological polar surface area (TPSA) is 70.5 Å². The molecule has 1 aliphatic rings. The van der Waals surface area contributed by atoms with Crippen LogP contribution in [0.1, 0.15) is 34.5 Å². The fraction of sp³-hybridized carbons (Fsp3) is 0.312. The van der Waals surface area contributed by atoms with Crippen LogP contribution in [0, 0.1) is 0 Å². The van der Waals surface area contributed by atoms with Crippen molar-refractivity contribution in [3.8, 4) is 23.5 Å². The molecule has 1 atom stereocenters. The average molecular weight is 332 g/mol. The van der Waals surface area contributed by atoms with Gasteiger partial charge in [0.25, 0.3) is 0 Å². The van der Waals surface area contributed by atoms with Gasteiger partial charge >= 0.3 is 6.01 Å². The molecule has 1 aromatic carbocycles. The molecular weight excluding hydrogens is 316 g/mol. The fourth-order valence-corrected chi connectivity index (χ4v) is 3.50. The minimum atomic E-state index is 0.0114. The Hall–Kier alpha value is -2.28. The highest BCUT2D eigenvalue weighted by atomic mass is 32.2. The van der Waals surface area contributed by atoms with Crippen LogP contribution in [-0.4, -0.2) is 29.3 Å². The van der Waals surface area contributed by atoms with E-state index in [0.29, 0.717) is 23.1 Å². The lowest BCUT2D eigenvalue weighted by Crippen LogP contribution is -2.01. The van der Waals surface area contributed by atoms with Gasteiger partial charge in [-0.15, -0.1) is 0 Å². The van der Waals surface area contributed by atoms with Crippen LogP contribution in [0.5, 0.6) is 23.5 Å². The smallest absolute Gasteiger partial charge is 0.328 e. The van der Waals surface area contributed by atoms with Gasteiger partial charge in [-0.3, -0.25) is 4.79 Å². The van der Waals surface area contributed by atoms with Crippen LogP contribution in [0.2, 0.25) is 0 Å². The molecule has 6 nitrogen and oxygen atoms in total. The van der Waals surface area contributed by atoms with Crippen molar-refractivity contribution < 1.29 is 19.0 Å². The molecular formula is C16H16N2O4S. The number of hydrogen-bond donors (Lipinski definition) is 0. The normalized spacial score (nSPS) is 16.1. The third-order valence-electron chi connectivity index (χ3n) is 3.51. The number of benzene rings is 1. The number of ether oxygens (including phenoxy) is 3. The van der Waals surface area contributed by atoms with E-state index in [9.17, 15) is 4.79 Å². The van der Waals surface area contributed by atoms with E-state index in [2.05, 4.69) is 16.9 Å². The number of rotatable bonds is 5. The Morgan fingerprint density at radius 1 is 1.17 bits per heavy atom. The number of aromatic nitrogens is 2. The molecule has 120 valence electrons. The summed E-state index contributed by atoms with van der Waals surface area (Å²) in [5.41, 5.74) is 1.59. The molecule has 2 heterocycles. The first-order chi connectivity index (χ1) is 11.2. The van der Waals surface area contributed by atoms with E-state index in [1.807, 2.05) is 12.1 Å². The summed E-state index contributed by atoms with van der Waals surface area (Å²) in [7, 11) is 3.00. The highest BCUT2D eigenvalue weighted by Crippen LogP contribution is 2.47. The highest BCUT2D eigenvalue weighted by Gasteiger charge is 2.32. The number of thioether (sulfide) groups is 1. The first kappa shape index (κ1) is 15.6. The summed E-state index contributed by atoms with van der Waals surface area (Å²) >= 11 is 1.33. The summed E-state index contributed by atoms with van der Waals surface area (Å²) in [6, 6.07) is 7.20. The van der Waals surface area contributed by atoms with Crippen LogP contribution in [0.4, 0.5) is 0 Å². The highest BCUT2D eigenvalue weighted by molar-refractivity contribution is 8.14. The third-order valence-corrected chi connectivity index (χ3v) is 4.80. The summed E-state index contributed by atoms with van der Waals surface area (Å²) in [5.74, 6) is 1.10. The molecule has 1 aromatic heterocycles. The van der Waals surface area contributed by atoms with Gasteiger partial charge in [0, 0.05) is 5.25 Å². The maximum atomic E-state index is 12.3. The Labute approximate surface area is 138 Å². The lowest BCUT2D eigenvalue weighted by Gasteiger charge is -2.10. The van der Waals surface area contributed by atoms with Gasteiger partial charge in [0.05, 0.1) is 25.8 Å². The zero-order valence-corrected chi connectivity index (χ0v) is 13.8. The van der Waals surface area contributed by atoms with Gasteiger partial charge < -0.3 is 14.2 Å². The lowest BCUT2D eigenvalue weighted by molar-refractivity contribution is 0.108. The number of carbonyl (C=O) groups excluding carboxylic acids is 1. The zero-order valence-electron chi connectivity index (χ0n) is 13.0. The van der Waals surface area contributed by atoms with Crippen molar-refractivity contribution in [1.29, 1.82) is 0 Å².